The Hall–Kier alpha value is -3.04. The van der Waals surface area contributed by atoms with Crippen molar-refractivity contribution in [1.29, 1.82) is 5.26 Å². The van der Waals surface area contributed by atoms with Crippen LogP contribution in [-0.2, 0) is 11.0 Å². The second kappa shape index (κ2) is 6.22. The van der Waals surface area contributed by atoms with E-state index in [-0.39, 0.29) is 5.76 Å². The Balaban J connectivity index is 2.13. The van der Waals surface area contributed by atoms with Gasteiger partial charge in [-0.1, -0.05) is 6.58 Å². The van der Waals surface area contributed by atoms with Crippen molar-refractivity contribution in [2.75, 3.05) is 11.0 Å². The Kier molecular flexibility index (Phi) is 4.11. The van der Waals surface area contributed by atoms with Crippen LogP contribution in [0.15, 0.2) is 55.2 Å². The van der Waals surface area contributed by atoms with Gasteiger partial charge >= 0.3 is 0 Å². The number of hydrogen-bond acceptors (Lipinski definition) is 3. The molecule has 0 fully saturated rings. The number of nitriles is 1. The summed E-state index contributed by atoms with van der Waals surface area (Å²) in [6, 6.07) is 15.0. The molecule has 3 rings (SSSR count). The molecule has 1 heterocycles. The van der Waals surface area contributed by atoms with Crippen molar-refractivity contribution in [1.82, 2.24) is 4.57 Å². The maximum Gasteiger partial charge on any atom is 0.115 e. The summed E-state index contributed by atoms with van der Waals surface area (Å²) in [6.45, 7) is 3.50. The second-order valence-corrected chi connectivity index (χ2v) is 6.42. The van der Waals surface area contributed by atoms with E-state index in [1.165, 1.54) is 0 Å². The van der Waals surface area contributed by atoms with Crippen molar-refractivity contribution in [3.05, 3.63) is 66.4 Å². The molecule has 0 bridgehead atoms. The first-order valence-corrected chi connectivity index (χ1v) is 8.69. The van der Waals surface area contributed by atoms with Gasteiger partial charge < -0.3 is 14.4 Å². The van der Waals surface area contributed by atoms with E-state index in [1.54, 1.807) is 24.6 Å². The number of aromatic nitrogens is 1. The number of anilines is 1. The van der Waals surface area contributed by atoms with E-state index in [2.05, 4.69) is 17.4 Å². The van der Waals surface area contributed by atoms with Crippen LogP contribution in [0.3, 0.4) is 0 Å². The molecule has 1 atom stereocenters. The van der Waals surface area contributed by atoms with Crippen LogP contribution in [-0.4, -0.2) is 20.1 Å². The predicted octanol–water partition coefficient (Wildman–Crippen LogP) is 3.74. The first-order valence-electron chi connectivity index (χ1n) is 7.13. The van der Waals surface area contributed by atoms with Gasteiger partial charge in [-0.15, -0.1) is 0 Å². The molecule has 24 heavy (non-hydrogen) atoms. The predicted molar refractivity (Wildman–Crippen MR) is 97.3 cm³/mol. The standard InChI is InChI=1S/C18H15N3O2S/c1-12(22)13-3-6-16(7-4-13)21-11-14(10-19)17-9-15(20-24(2)23)5-8-18(17)21/h3-9,11,20,22H,1H2,2H3. The highest BCUT2D eigenvalue weighted by atomic mass is 32.2. The SMILES string of the molecule is C=C(O)c1ccc(-n2cc(C#N)c3cc(NS(C)=O)ccc32)cc1. The van der Waals surface area contributed by atoms with E-state index in [9.17, 15) is 14.6 Å². The summed E-state index contributed by atoms with van der Waals surface area (Å²) >= 11 is 0. The molecule has 3 aromatic rings. The second-order valence-electron chi connectivity index (χ2n) is 5.31. The first kappa shape index (κ1) is 15.8. The van der Waals surface area contributed by atoms with Crippen LogP contribution in [0.5, 0.6) is 0 Å². The zero-order valence-corrected chi connectivity index (χ0v) is 13.8. The third-order valence-electron chi connectivity index (χ3n) is 3.67. The summed E-state index contributed by atoms with van der Waals surface area (Å²) in [7, 11) is -1.18. The fourth-order valence-corrected chi connectivity index (χ4v) is 3.04. The van der Waals surface area contributed by atoms with Crippen LogP contribution >= 0.6 is 0 Å². The lowest BCUT2D eigenvalue weighted by atomic mass is 10.1. The van der Waals surface area contributed by atoms with Crippen LogP contribution in [0, 0.1) is 11.3 Å². The zero-order valence-electron chi connectivity index (χ0n) is 13.0. The molecule has 2 N–H and O–H groups in total. The molecular weight excluding hydrogens is 322 g/mol. The van der Waals surface area contributed by atoms with Crippen molar-refractivity contribution >= 4 is 33.3 Å². The van der Waals surface area contributed by atoms with E-state index < -0.39 is 11.0 Å². The highest BCUT2D eigenvalue weighted by Gasteiger charge is 2.11. The van der Waals surface area contributed by atoms with Crippen LogP contribution in [0.1, 0.15) is 11.1 Å². The number of benzene rings is 2. The monoisotopic (exact) mass is 337 g/mol. The number of nitrogens with one attached hydrogen (secondary N) is 1. The van der Waals surface area contributed by atoms with Crippen LogP contribution in [0.4, 0.5) is 5.69 Å². The van der Waals surface area contributed by atoms with Gasteiger partial charge in [0.25, 0.3) is 0 Å². The highest BCUT2D eigenvalue weighted by molar-refractivity contribution is 7.85. The molecule has 0 aliphatic carbocycles. The Bertz CT molecular complexity index is 998. The summed E-state index contributed by atoms with van der Waals surface area (Å²) < 4.78 is 16.1. The number of hydrogen-bond donors (Lipinski definition) is 2. The third-order valence-corrected chi connectivity index (χ3v) is 4.19. The summed E-state index contributed by atoms with van der Waals surface area (Å²) in [5, 5.41) is 19.6. The average molecular weight is 337 g/mol. The minimum absolute atomic E-state index is 0.0138. The van der Waals surface area contributed by atoms with Crippen molar-refractivity contribution in [2.45, 2.75) is 0 Å². The van der Waals surface area contributed by atoms with Gasteiger partial charge in [-0.25, -0.2) is 4.21 Å². The minimum Gasteiger partial charge on any atom is -0.508 e. The maximum absolute atomic E-state index is 11.3. The van der Waals surface area contributed by atoms with Gasteiger partial charge in [-0.05, 0) is 42.5 Å². The lowest BCUT2D eigenvalue weighted by Crippen LogP contribution is -2.00. The Morgan fingerprint density at radius 1 is 1.29 bits per heavy atom. The molecule has 5 nitrogen and oxygen atoms in total. The van der Waals surface area contributed by atoms with Crippen molar-refractivity contribution in [3.8, 4) is 11.8 Å². The third kappa shape index (κ3) is 2.90. The van der Waals surface area contributed by atoms with Crippen LogP contribution < -0.4 is 4.72 Å². The largest absolute Gasteiger partial charge is 0.508 e. The van der Waals surface area contributed by atoms with Gasteiger partial charge in [-0.2, -0.15) is 5.26 Å². The fraction of sp³-hybridized carbons (Fsp3) is 0.0556. The summed E-state index contributed by atoms with van der Waals surface area (Å²) in [4.78, 5) is 0. The molecule has 0 saturated heterocycles. The molecule has 0 spiro atoms. The highest BCUT2D eigenvalue weighted by Crippen LogP contribution is 2.28. The quantitative estimate of drug-likeness (QED) is 0.712. The lowest BCUT2D eigenvalue weighted by molar-refractivity contribution is 0.514. The molecule has 1 unspecified atom stereocenters. The Morgan fingerprint density at radius 2 is 2.00 bits per heavy atom. The van der Waals surface area contributed by atoms with Gasteiger partial charge in [-0.3, -0.25) is 0 Å². The molecular formula is C18H15N3O2S. The van der Waals surface area contributed by atoms with Crippen molar-refractivity contribution < 1.29 is 9.32 Å². The van der Waals surface area contributed by atoms with Crippen LogP contribution in [0.2, 0.25) is 0 Å². The Morgan fingerprint density at radius 3 is 2.58 bits per heavy atom. The van der Waals surface area contributed by atoms with Gasteiger partial charge in [0.2, 0.25) is 0 Å². The van der Waals surface area contributed by atoms with Crippen molar-refractivity contribution in [2.24, 2.45) is 0 Å². The number of aliphatic hydroxyl groups excluding tert-OH is 1. The zero-order chi connectivity index (χ0) is 17.3. The molecule has 120 valence electrons. The average Bonchev–Trinajstić information content (AvgIpc) is 2.92. The first-order chi connectivity index (χ1) is 11.5. The van der Waals surface area contributed by atoms with E-state index in [1.807, 2.05) is 34.9 Å². The fourth-order valence-electron chi connectivity index (χ4n) is 2.58. The lowest BCUT2D eigenvalue weighted by Gasteiger charge is -2.08. The molecule has 6 heteroatoms. The number of fused-ring (bicyclic) bond motifs is 1. The molecule has 0 aliphatic rings. The number of rotatable bonds is 4. The summed E-state index contributed by atoms with van der Waals surface area (Å²) in [6.07, 6.45) is 3.32. The van der Waals surface area contributed by atoms with Gasteiger partial charge in [0.05, 0.1) is 11.1 Å². The topological polar surface area (TPSA) is 78.1 Å². The van der Waals surface area contributed by atoms with Gasteiger partial charge in [0, 0.05) is 34.8 Å². The van der Waals surface area contributed by atoms with E-state index in [0.717, 1.165) is 16.6 Å². The smallest absolute Gasteiger partial charge is 0.115 e. The molecule has 2 aromatic carbocycles. The van der Waals surface area contributed by atoms with Crippen LogP contribution in [0.25, 0.3) is 22.3 Å². The minimum atomic E-state index is -1.18. The maximum atomic E-state index is 11.3. The van der Waals surface area contributed by atoms with Gasteiger partial charge in [0.15, 0.2) is 0 Å². The summed E-state index contributed by atoms with van der Waals surface area (Å²) in [5.41, 5.74) is 3.61. The summed E-state index contributed by atoms with van der Waals surface area (Å²) in [5.74, 6) is 0.0138. The molecule has 1 aromatic heterocycles. The number of nitrogens with zero attached hydrogens (tertiary/aromatic N) is 2. The molecule has 0 aliphatic heterocycles. The Labute approximate surface area is 142 Å². The van der Waals surface area contributed by atoms with E-state index in [0.29, 0.717) is 16.8 Å². The molecule has 0 saturated carbocycles. The normalized spacial score (nSPS) is 11.8. The van der Waals surface area contributed by atoms with Crippen molar-refractivity contribution in [3.63, 3.8) is 0 Å². The molecule has 0 radical (unpaired) electrons. The van der Waals surface area contributed by atoms with Gasteiger partial charge in [0.1, 0.15) is 22.8 Å². The number of aliphatic hydroxyl groups is 1. The van der Waals surface area contributed by atoms with E-state index >= 15 is 0 Å². The van der Waals surface area contributed by atoms with E-state index in [4.69, 9.17) is 0 Å². The molecule has 0 amide bonds.